The van der Waals surface area contributed by atoms with Gasteiger partial charge in [-0.3, -0.25) is 0 Å². The van der Waals surface area contributed by atoms with Crippen molar-refractivity contribution in [3.63, 3.8) is 0 Å². The van der Waals surface area contributed by atoms with E-state index >= 15 is 0 Å². The molecule has 1 atom stereocenters. The fourth-order valence-electron chi connectivity index (χ4n) is 1.95. The second-order valence-corrected chi connectivity index (χ2v) is 3.90. The van der Waals surface area contributed by atoms with E-state index in [2.05, 4.69) is 50.2 Å². The molecular weight excluding hydrogens is 184 g/mol. The molecule has 78 valence electrons. The van der Waals surface area contributed by atoms with E-state index in [9.17, 15) is 0 Å². The molecule has 2 rings (SSSR count). The zero-order valence-electron chi connectivity index (χ0n) is 9.45. The molecule has 0 saturated carbocycles. The van der Waals surface area contributed by atoms with Gasteiger partial charge in [-0.25, -0.2) is 0 Å². The zero-order chi connectivity index (χ0) is 10.8. The molecule has 0 unspecified atom stereocenters. The van der Waals surface area contributed by atoms with E-state index < -0.39 is 0 Å². The van der Waals surface area contributed by atoms with E-state index in [1.807, 2.05) is 0 Å². The first kappa shape index (κ1) is 10.2. The summed E-state index contributed by atoms with van der Waals surface area (Å²) in [5.41, 5.74) is 2.58. The van der Waals surface area contributed by atoms with Gasteiger partial charge in [-0.15, -0.1) is 0 Å². The van der Waals surface area contributed by atoms with Gasteiger partial charge in [-0.1, -0.05) is 36.4 Å². The minimum Gasteiger partial charge on any atom is -0.377 e. The second kappa shape index (κ2) is 4.03. The van der Waals surface area contributed by atoms with E-state index in [0.29, 0.717) is 0 Å². The highest BCUT2D eigenvalue weighted by Crippen LogP contribution is 2.27. The lowest BCUT2D eigenvalue weighted by Gasteiger charge is -2.14. The average molecular weight is 200 g/mol. The minimum atomic E-state index is 0.149. The molecule has 1 heteroatoms. The van der Waals surface area contributed by atoms with Crippen molar-refractivity contribution in [1.82, 2.24) is 0 Å². The molecule has 0 saturated heterocycles. The number of fused-ring (bicyclic) bond motifs is 1. The Balaban J connectivity index is 2.71. The topological polar surface area (TPSA) is 9.23 Å². The molecule has 0 aromatic heterocycles. The maximum Gasteiger partial charge on any atom is 0.0799 e. The summed E-state index contributed by atoms with van der Waals surface area (Å²) in [5, 5.41) is 2.62. The number of benzene rings is 2. The van der Waals surface area contributed by atoms with Gasteiger partial charge in [0.25, 0.3) is 0 Å². The normalized spacial score (nSPS) is 13.0. The SMILES string of the molecule is CO[C@H](C)c1ccc(C)c2ccccc12. The smallest absolute Gasteiger partial charge is 0.0799 e. The third kappa shape index (κ3) is 1.75. The minimum absolute atomic E-state index is 0.149. The van der Waals surface area contributed by atoms with Crippen LogP contribution < -0.4 is 0 Å². The molecule has 0 N–H and O–H groups in total. The first-order chi connectivity index (χ1) is 7.24. The molecule has 0 amide bonds. The third-order valence-corrected chi connectivity index (χ3v) is 2.97. The number of rotatable bonds is 2. The average Bonchev–Trinajstić information content (AvgIpc) is 2.29. The third-order valence-electron chi connectivity index (χ3n) is 2.97. The fourth-order valence-corrected chi connectivity index (χ4v) is 1.95. The van der Waals surface area contributed by atoms with Gasteiger partial charge in [0.2, 0.25) is 0 Å². The van der Waals surface area contributed by atoms with Crippen LogP contribution in [0.2, 0.25) is 0 Å². The summed E-state index contributed by atoms with van der Waals surface area (Å²) in [5.74, 6) is 0. The Kier molecular flexibility index (Phi) is 2.74. The molecule has 1 nitrogen and oxygen atoms in total. The van der Waals surface area contributed by atoms with Crippen LogP contribution in [0.25, 0.3) is 10.8 Å². The van der Waals surface area contributed by atoms with E-state index in [0.717, 1.165) is 0 Å². The van der Waals surface area contributed by atoms with Gasteiger partial charge < -0.3 is 4.74 Å². The number of hydrogen-bond acceptors (Lipinski definition) is 1. The van der Waals surface area contributed by atoms with Crippen molar-refractivity contribution < 1.29 is 4.74 Å². The first-order valence-corrected chi connectivity index (χ1v) is 5.25. The predicted molar refractivity (Wildman–Crippen MR) is 64.1 cm³/mol. The van der Waals surface area contributed by atoms with Gasteiger partial charge in [0.05, 0.1) is 6.10 Å². The highest BCUT2D eigenvalue weighted by Gasteiger charge is 2.08. The molecular formula is C14H16O. The molecule has 0 heterocycles. The van der Waals surface area contributed by atoms with Crippen molar-refractivity contribution in [3.8, 4) is 0 Å². The molecule has 0 fully saturated rings. The molecule has 0 spiro atoms. The van der Waals surface area contributed by atoms with E-state index in [4.69, 9.17) is 4.74 Å². The molecule has 0 bridgehead atoms. The van der Waals surface area contributed by atoms with Gasteiger partial charge in [-0.2, -0.15) is 0 Å². The van der Waals surface area contributed by atoms with Crippen molar-refractivity contribution in [1.29, 1.82) is 0 Å². The first-order valence-electron chi connectivity index (χ1n) is 5.25. The summed E-state index contributed by atoms with van der Waals surface area (Å²) < 4.78 is 5.38. The fraction of sp³-hybridized carbons (Fsp3) is 0.286. The summed E-state index contributed by atoms with van der Waals surface area (Å²) in [4.78, 5) is 0. The van der Waals surface area contributed by atoms with Crippen LogP contribution in [0.3, 0.4) is 0 Å². The van der Waals surface area contributed by atoms with Crippen molar-refractivity contribution >= 4 is 10.8 Å². The molecule has 15 heavy (non-hydrogen) atoms. The maximum atomic E-state index is 5.38. The standard InChI is InChI=1S/C14H16O/c1-10-8-9-13(11(2)15-3)14-7-5-4-6-12(10)14/h4-9,11H,1-3H3/t11-/m1/s1. The van der Waals surface area contributed by atoms with Crippen LogP contribution in [-0.4, -0.2) is 7.11 Å². The van der Waals surface area contributed by atoms with Crippen molar-refractivity contribution in [2.75, 3.05) is 7.11 Å². The van der Waals surface area contributed by atoms with E-state index in [1.54, 1.807) is 7.11 Å². The van der Waals surface area contributed by atoms with E-state index in [-0.39, 0.29) is 6.10 Å². The lowest BCUT2D eigenvalue weighted by molar-refractivity contribution is 0.121. The summed E-state index contributed by atoms with van der Waals surface area (Å²) in [7, 11) is 1.75. The highest BCUT2D eigenvalue weighted by atomic mass is 16.5. The highest BCUT2D eigenvalue weighted by molar-refractivity contribution is 5.88. The number of methoxy groups -OCH3 is 1. The molecule has 2 aromatic rings. The Hall–Kier alpha value is -1.34. The maximum absolute atomic E-state index is 5.38. The quantitative estimate of drug-likeness (QED) is 0.715. The van der Waals surface area contributed by atoms with Gasteiger partial charge >= 0.3 is 0 Å². The second-order valence-electron chi connectivity index (χ2n) is 3.90. The lowest BCUT2D eigenvalue weighted by Crippen LogP contribution is -1.97. The Labute approximate surface area is 90.7 Å². The van der Waals surface area contributed by atoms with Crippen LogP contribution in [0.5, 0.6) is 0 Å². The van der Waals surface area contributed by atoms with Gasteiger partial charge in [0.15, 0.2) is 0 Å². The number of hydrogen-bond donors (Lipinski definition) is 0. The molecule has 0 radical (unpaired) electrons. The van der Waals surface area contributed by atoms with Crippen LogP contribution >= 0.6 is 0 Å². The summed E-state index contributed by atoms with van der Waals surface area (Å²) in [6.45, 7) is 4.22. The van der Waals surface area contributed by atoms with Gasteiger partial charge in [0.1, 0.15) is 0 Å². The Morgan fingerprint density at radius 2 is 1.67 bits per heavy atom. The molecule has 2 aromatic carbocycles. The molecule has 0 aliphatic rings. The van der Waals surface area contributed by atoms with Crippen LogP contribution in [0.15, 0.2) is 36.4 Å². The van der Waals surface area contributed by atoms with Crippen molar-refractivity contribution in [2.45, 2.75) is 20.0 Å². The Morgan fingerprint density at radius 3 is 2.33 bits per heavy atom. The molecule has 0 aliphatic heterocycles. The molecule has 0 aliphatic carbocycles. The van der Waals surface area contributed by atoms with Crippen LogP contribution in [0, 0.1) is 6.92 Å². The Bertz CT molecular complexity index is 474. The Morgan fingerprint density at radius 1 is 1.00 bits per heavy atom. The van der Waals surface area contributed by atoms with Gasteiger partial charge in [-0.05, 0) is 35.7 Å². The van der Waals surface area contributed by atoms with Crippen molar-refractivity contribution in [3.05, 3.63) is 47.5 Å². The monoisotopic (exact) mass is 200 g/mol. The zero-order valence-corrected chi connectivity index (χ0v) is 9.45. The summed E-state index contributed by atoms with van der Waals surface area (Å²) in [6, 6.07) is 12.8. The lowest BCUT2D eigenvalue weighted by atomic mass is 9.98. The summed E-state index contributed by atoms with van der Waals surface area (Å²) in [6.07, 6.45) is 0.149. The van der Waals surface area contributed by atoms with Crippen LogP contribution in [0.1, 0.15) is 24.2 Å². The summed E-state index contributed by atoms with van der Waals surface area (Å²) >= 11 is 0. The number of aryl methyl sites for hydroxylation is 1. The van der Waals surface area contributed by atoms with Crippen molar-refractivity contribution in [2.24, 2.45) is 0 Å². The van der Waals surface area contributed by atoms with Crippen LogP contribution in [0.4, 0.5) is 0 Å². The number of ether oxygens (including phenoxy) is 1. The predicted octanol–water partition coefficient (Wildman–Crippen LogP) is 3.86. The van der Waals surface area contributed by atoms with E-state index in [1.165, 1.54) is 21.9 Å². The largest absolute Gasteiger partial charge is 0.377 e. The van der Waals surface area contributed by atoms with Crippen LogP contribution in [-0.2, 0) is 4.74 Å². The van der Waals surface area contributed by atoms with Gasteiger partial charge in [0, 0.05) is 7.11 Å².